The summed E-state index contributed by atoms with van der Waals surface area (Å²) in [6, 6.07) is 7.38. The molecule has 0 aliphatic heterocycles. The van der Waals surface area contributed by atoms with Gasteiger partial charge >= 0.3 is 0 Å². The fourth-order valence-electron chi connectivity index (χ4n) is 0.906. The molecule has 14 heavy (non-hydrogen) atoms. The first-order chi connectivity index (χ1) is 6.72. The van der Waals surface area contributed by atoms with E-state index < -0.39 is 0 Å². The smallest absolute Gasteiger partial charge is 0.171 e. The zero-order chi connectivity index (χ0) is 10.4. The molecule has 0 saturated carbocycles. The van der Waals surface area contributed by atoms with Crippen LogP contribution in [0.3, 0.4) is 0 Å². The zero-order valence-electron chi connectivity index (χ0n) is 7.59. The number of thiocarbonyl (C=S) groups is 1. The van der Waals surface area contributed by atoms with Gasteiger partial charge in [0.05, 0.1) is 0 Å². The monoisotopic (exact) mass is 226 g/mol. The number of benzene rings is 1. The van der Waals surface area contributed by atoms with Crippen molar-refractivity contribution in [3.63, 3.8) is 0 Å². The van der Waals surface area contributed by atoms with Crippen LogP contribution in [-0.2, 0) is 0 Å². The van der Waals surface area contributed by atoms with Crippen molar-refractivity contribution in [1.29, 1.82) is 0 Å². The molecule has 0 spiro atoms. The maximum Gasteiger partial charge on any atom is 0.171 e. The Labute approximate surface area is 94.0 Å². The Hall–Kier alpha value is -1.06. The molecule has 1 aromatic rings. The summed E-state index contributed by atoms with van der Waals surface area (Å²) in [6.45, 7) is 4.23. The van der Waals surface area contributed by atoms with E-state index in [0.29, 0.717) is 16.7 Å². The molecular weight excluding hydrogens is 216 g/mol. The van der Waals surface area contributed by atoms with Gasteiger partial charge in [0, 0.05) is 17.3 Å². The molecule has 0 saturated heterocycles. The van der Waals surface area contributed by atoms with Crippen molar-refractivity contribution < 1.29 is 0 Å². The Morgan fingerprint density at radius 2 is 2.36 bits per heavy atom. The molecule has 0 aromatic heterocycles. The molecule has 0 atom stereocenters. The number of nitrogens with one attached hydrogen (secondary N) is 2. The van der Waals surface area contributed by atoms with Gasteiger partial charge < -0.3 is 10.6 Å². The highest BCUT2D eigenvalue weighted by Gasteiger charge is 1.95. The Kier molecular flexibility index (Phi) is 4.43. The van der Waals surface area contributed by atoms with Gasteiger partial charge in [-0.2, -0.15) is 0 Å². The summed E-state index contributed by atoms with van der Waals surface area (Å²) < 4.78 is 0. The fourth-order valence-corrected chi connectivity index (χ4v) is 1.30. The molecule has 2 N–H and O–H groups in total. The van der Waals surface area contributed by atoms with Crippen molar-refractivity contribution in [2.24, 2.45) is 0 Å². The van der Waals surface area contributed by atoms with Crippen LogP contribution in [0.15, 0.2) is 36.9 Å². The maximum absolute atomic E-state index is 5.81. The van der Waals surface area contributed by atoms with E-state index in [9.17, 15) is 0 Å². The van der Waals surface area contributed by atoms with E-state index in [1.807, 2.05) is 24.3 Å². The predicted octanol–water partition coefficient (Wildman–Crippen LogP) is 2.81. The van der Waals surface area contributed by atoms with Gasteiger partial charge in [0.15, 0.2) is 5.11 Å². The summed E-state index contributed by atoms with van der Waals surface area (Å²) in [5.41, 5.74) is 0.874. The zero-order valence-corrected chi connectivity index (χ0v) is 9.16. The second-order valence-corrected chi connectivity index (χ2v) is 3.48. The molecule has 1 rings (SSSR count). The highest BCUT2D eigenvalue weighted by molar-refractivity contribution is 7.80. The Morgan fingerprint density at radius 1 is 1.57 bits per heavy atom. The van der Waals surface area contributed by atoms with Crippen molar-refractivity contribution in [1.82, 2.24) is 5.32 Å². The third-order valence-corrected chi connectivity index (χ3v) is 1.97. The van der Waals surface area contributed by atoms with E-state index in [1.165, 1.54) is 0 Å². The second-order valence-electron chi connectivity index (χ2n) is 2.63. The van der Waals surface area contributed by atoms with Crippen LogP contribution >= 0.6 is 23.8 Å². The van der Waals surface area contributed by atoms with Gasteiger partial charge in [-0.1, -0.05) is 23.7 Å². The number of anilines is 1. The third-order valence-electron chi connectivity index (χ3n) is 1.49. The molecule has 0 aliphatic rings. The summed E-state index contributed by atoms with van der Waals surface area (Å²) in [5, 5.41) is 7.21. The van der Waals surface area contributed by atoms with Crippen LogP contribution < -0.4 is 10.6 Å². The largest absolute Gasteiger partial charge is 0.359 e. The standard InChI is InChI=1S/C10H11ClN2S/c1-2-6-12-10(14)13-9-5-3-4-8(11)7-9/h2-5,7H,1,6H2,(H2,12,13,14). The molecule has 1 aromatic carbocycles. The molecule has 0 unspecified atom stereocenters. The van der Waals surface area contributed by atoms with Crippen LogP contribution in [0.5, 0.6) is 0 Å². The molecule has 0 amide bonds. The summed E-state index contributed by atoms with van der Waals surface area (Å²) in [5.74, 6) is 0. The van der Waals surface area contributed by atoms with E-state index in [2.05, 4.69) is 17.2 Å². The lowest BCUT2D eigenvalue weighted by Crippen LogP contribution is -2.28. The average Bonchev–Trinajstić information content (AvgIpc) is 2.15. The van der Waals surface area contributed by atoms with Gasteiger partial charge in [-0.25, -0.2) is 0 Å². The molecule has 0 aliphatic carbocycles. The highest BCUT2D eigenvalue weighted by Crippen LogP contribution is 2.14. The lowest BCUT2D eigenvalue weighted by atomic mass is 10.3. The summed E-state index contributed by atoms with van der Waals surface area (Å²) in [6.07, 6.45) is 1.74. The first-order valence-electron chi connectivity index (χ1n) is 4.13. The molecule has 2 nitrogen and oxygen atoms in total. The Morgan fingerprint density at radius 3 is 3.00 bits per heavy atom. The van der Waals surface area contributed by atoms with E-state index in [4.69, 9.17) is 23.8 Å². The van der Waals surface area contributed by atoms with E-state index in [1.54, 1.807) is 6.08 Å². The van der Waals surface area contributed by atoms with Crippen molar-refractivity contribution in [2.75, 3.05) is 11.9 Å². The third kappa shape index (κ3) is 3.77. The molecule has 0 heterocycles. The summed E-state index contributed by atoms with van der Waals surface area (Å²) >= 11 is 10.8. The van der Waals surface area contributed by atoms with Crippen LogP contribution in [0.2, 0.25) is 5.02 Å². The van der Waals surface area contributed by atoms with E-state index in [0.717, 1.165) is 5.69 Å². The molecule has 4 heteroatoms. The van der Waals surface area contributed by atoms with E-state index >= 15 is 0 Å². The lowest BCUT2D eigenvalue weighted by Gasteiger charge is -2.08. The van der Waals surface area contributed by atoms with Crippen molar-refractivity contribution in [2.45, 2.75) is 0 Å². The SMILES string of the molecule is C=CCNC(=S)Nc1cccc(Cl)c1. The Bertz CT molecular complexity index is 339. The van der Waals surface area contributed by atoms with Crippen LogP contribution in [0.4, 0.5) is 5.69 Å². The van der Waals surface area contributed by atoms with Crippen LogP contribution in [-0.4, -0.2) is 11.7 Å². The van der Waals surface area contributed by atoms with Gasteiger partial charge in [0.25, 0.3) is 0 Å². The van der Waals surface area contributed by atoms with Crippen LogP contribution in [0.1, 0.15) is 0 Å². The van der Waals surface area contributed by atoms with Gasteiger partial charge in [0.2, 0.25) is 0 Å². The average molecular weight is 227 g/mol. The van der Waals surface area contributed by atoms with Gasteiger partial charge in [-0.05, 0) is 30.4 Å². The van der Waals surface area contributed by atoms with Crippen LogP contribution in [0, 0.1) is 0 Å². The highest BCUT2D eigenvalue weighted by atomic mass is 35.5. The molecule has 0 bridgehead atoms. The minimum Gasteiger partial charge on any atom is -0.359 e. The fraction of sp³-hybridized carbons (Fsp3) is 0.100. The number of hydrogen-bond acceptors (Lipinski definition) is 1. The first kappa shape index (κ1) is 11.0. The maximum atomic E-state index is 5.81. The summed E-state index contributed by atoms with van der Waals surface area (Å²) in [7, 11) is 0. The number of rotatable bonds is 3. The van der Waals surface area contributed by atoms with Crippen molar-refractivity contribution in [3.05, 3.63) is 41.9 Å². The quantitative estimate of drug-likeness (QED) is 0.612. The Balaban J connectivity index is 2.51. The summed E-state index contributed by atoms with van der Waals surface area (Å²) in [4.78, 5) is 0. The lowest BCUT2D eigenvalue weighted by molar-refractivity contribution is 1.06. The molecule has 0 fully saturated rings. The topological polar surface area (TPSA) is 24.1 Å². The van der Waals surface area contributed by atoms with Gasteiger partial charge in [-0.3, -0.25) is 0 Å². The second kappa shape index (κ2) is 5.62. The normalized spacial score (nSPS) is 9.21. The number of hydrogen-bond donors (Lipinski definition) is 2. The van der Waals surface area contributed by atoms with E-state index in [-0.39, 0.29) is 0 Å². The molecule has 74 valence electrons. The molecule has 0 radical (unpaired) electrons. The van der Waals surface area contributed by atoms with Crippen molar-refractivity contribution >= 4 is 34.6 Å². The predicted molar refractivity (Wildman–Crippen MR) is 65.9 cm³/mol. The van der Waals surface area contributed by atoms with Crippen molar-refractivity contribution in [3.8, 4) is 0 Å². The van der Waals surface area contributed by atoms with Gasteiger partial charge in [0.1, 0.15) is 0 Å². The molecular formula is C10H11ClN2S. The van der Waals surface area contributed by atoms with Crippen LogP contribution in [0.25, 0.3) is 0 Å². The van der Waals surface area contributed by atoms with Gasteiger partial charge in [-0.15, -0.1) is 6.58 Å². The number of halogens is 1. The minimum absolute atomic E-state index is 0.562. The first-order valence-corrected chi connectivity index (χ1v) is 4.92. The minimum atomic E-state index is 0.562.